The molecular weight excluding hydrogens is 254 g/mol. The van der Waals surface area contributed by atoms with Crippen LogP contribution in [-0.4, -0.2) is 39.6 Å². The van der Waals surface area contributed by atoms with Gasteiger partial charge in [-0.2, -0.15) is 0 Å². The predicted molar refractivity (Wildman–Crippen MR) is 76.4 cm³/mol. The minimum atomic E-state index is -0.210. The average Bonchev–Trinajstić information content (AvgIpc) is 2.79. The maximum absolute atomic E-state index is 11.9. The fraction of sp³-hybridized carbons (Fsp3) is 0.500. The van der Waals surface area contributed by atoms with Gasteiger partial charge in [0.2, 0.25) is 5.91 Å². The topological polar surface area (TPSA) is 71.8 Å². The number of piperazine rings is 1. The lowest BCUT2D eigenvalue weighted by Gasteiger charge is -2.24. The third kappa shape index (κ3) is 2.27. The molecule has 20 heavy (non-hydrogen) atoms. The fourth-order valence-corrected chi connectivity index (χ4v) is 2.66. The number of carbonyl (C=O) groups excluding carboxylic acids is 1. The smallest absolute Gasteiger partial charge is 0.237 e. The molecule has 3 heterocycles. The first kappa shape index (κ1) is 13.1. The van der Waals surface area contributed by atoms with Crippen molar-refractivity contribution in [2.75, 3.05) is 13.1 Å². The molecule has 1 saturated heterocycles. The number of amides is 1. The van der Waals surface area contributed by atoms with E-state index in [1.807, 2.05) is 12.1 Å². The summed E-state index contributed by atoms with van der Waals surface area (Å²) in [6, 6.07) is 3.89. The van der Waals surface area contributed by atoms with Crippen molar-refractivity contribution in [3.05, 3.63) is 24.2 Å². The van der Waals surface area contributed by atoms with Crippen LogP contribution in [-0.2, 0) is 11.2 Å². The van der Waals surface area contributed by atoms with Gasteiger partial charge in [-0.3, -0.25) is 4.79 Å². The second kappa shape index (κ2) is 5.20. The Balaban J connectivity index is 1.98. The molecule has 2 N–H and O–H groups in total. The number of hydrogen-bond donors (Lipinski definition) is 2. The number of rotatable bonds is 3. The summed E-state index contributed by atoms with van der Waals surface area (Å²) in [5.74, 6) is 0.954. The zero-order valence-corrected chi connectivity index (χ0v) is 11.8. The lowest BCUT2D eigenvalue weighted by atomic mass is 10.1. The highest BCUT2D eigenvalue weighted by atomic mass is 16.2. The monoisotopic (exact) mass is 273 g/mol. The third-order valence-corrected chi connectivity index (χ3v) is 3.56. The van der Waals surface area contributed by atoms with E-state index in [-0.39, 0.29) is 18.0 Å². The van der Waals surface area contributed by atoms with Crippen molar-refractivity contribution in [3.63, 3.8) is 0 Å². The van der Waals surface area contributed by atoms with E-state index in [4.69, 9.17) is 0 Å². The van der Waals surface area contributed by atoms with Gasteiger partial charge in [0, 0.05) is 31.7 Å². The fourth-order valence-electron chi connectivity index (χ4n) is 2.66. The Hall–Kier alpha value is -1.95. The Morgan fingerprint density at radius 2 is 2.30 bits per heavy atom. The number of pyridine rings is 1. The first-order valence-corrected chi connectivity index (χ1v) is 6.99. The van der Waals surface area contributed by atoms with E-state index in [0.717, 1.165) is 23.5 Å². The first-order valence-electron chi connectivity index (χ1n) is 6.99. The average molecular weight is 273 g/mol. The van der Waals surface area contributed by atoms with Crippen molar-refractivity contribution in [1.82, 2.24) is 25.2 Å². The van der Waals surface area contributed by atoms with Gasteiger partial charge >= 0.3 is 0 Å². The molecule has 0 radical (unpaired) electrons. The Morgan fingerprint density at radius 3 is 3.05 bits per heavy atom. The first-order chi connectivity index (χ1) is 9.66. The van der Waals surface area contributed by atoms with Crippen LogP contribution < -0.4 is 10.6 Å². The highest BCUT2D eigenvalue weighted by molar-refractivity contribution is 5.83. The predicted octanol–water partition coefficient (Wildman–Crippen LogP) is 0.643. The molecule has 6 heteroatoms. The minimum Gasteiger partial charge on any atom is -0.353 e. The maximum atomic E-state index is 11.9. The second-order valence-electron chi connectivity index (χ2n) is 5.34. The van der Waals surface area contributed by atoms with Gasteiger partial charge in [-0.05, 0) is 26.0 Å². The highest BCUT2D eigenvalue weighted by Crippen LogP contribution is 2.20. The molecule has 0 spiro atoms. The Kier molecular flexibility index (Phi) is 3.40. The van der Waals surface area contributed by atoms with E-state index in [9.17, 15) is 4.79 Å². The van der Waals surface area contributed by atoms with Crippen LogP contribution in [0.1, 0.15) is 25.7 Å². The molecule has 0 saturated carbocycles. The number of nitrogens with one attached hydrogen (secondary N) is 2. The lowest BCUT2D eigenvalue weighted by molar-refractivity contribution is -0.124. The normalized spacial score (nSPS) is 19.6. The van der Waals surface area contributed by atoms with Gasteiger partial charge in [0.05, 0.1) is 6.04 Å². The molecule has 0 bridgehead atoms. The lowest BCUT2D eigenvalue weighted by Crippen LogP contribution is -2.54. The zero-order valence-electron chi connectivity index (χ0n) is 11.8. The molecule has 6 nitrogen and oxygen atoms in total. The standard InChI is InChI=1S/C14H19N5O/c1-9(2)19-12(8-11-14(20)17-7-6-15-11)18-10-4-3-5-16-13(10)19/h3-5,9,11,15H,6-8H2,1-2H3,(H,17,20). The minimum absolute atomic E-state index is 0.0478. The Morgan fingerprint density at radius 1 is 1.45 bits per heavy atom. The van der Waals surface area contributed by atoms with Crippen LogP contribution >= 0.6 is 0 Å². The van der Waals surface area contributed by atoms with E-state index in [0.29, 0.717) is 13.0 Å². The van der Waals surface area contributed by atoms with Crippen LogP contribution in [0.25, 0.3) is 11.2 Å². The molecule has 1 amide bonds. The molecular formula is C14H19N5O. The SMILES string of the molecule is CC(C)n1c(CC2NCCNC2=O)nc2cccnc21. The molecule has 2 aromatic rings. The van der Waals surface area contributed by atoms with E-state index < -0.39 is 0 Å². The van der Waals surface area contributed by atoms with Crippen LogP contribution in [0.4, 0.5) is 0 Å². The zero-order chi connectivity index (χ0) is 14.1. The summed E-state index contributed by atoms with van der Waals surface area (Å²) in [5.41, 5.74) is 1.76. The van der Waals surface area contributed by atoms with Gasteiger partial charge in [-0.25, -0.2) is 9.97 Å². The van der Waals surface area contributed by atoms with Gasteiger partial charge < -0.3 is 15.2 Å². The van der Waals surface area contributed by atoms with Crippen LogP contribution in [0, 0.1) is 0 Å². The van der Waals surface area contributed by atoms with Gasteiger partial charge in [0.25, 0.3) is 0 Å². The largest absolute Gasteiger partial charge is 0.353 e. The van der Waals surface area contributed by atoms with Gasteiger partial charge in [-0.1, -0.05) is 0 Å². The summed E-state index contributed by atoms with van der Waals surface area (Å²) in [5, 5.41) is 6.12. The summed E-state index contributed by atoms with van der Waals surface area (Å²) in [6.07, 6.45) is 2.36. The number of hydrogen-bond acceptors (Lipinski definition) is 4. The van der Waals surface area contributed by atoms with Crippen LogP contribution in [0.15, 0.2) is 18.3 Å². The van der Waals surface area contributed by atoms with E-state index in [1.54, 1.807) is 6.20 Å². The Bertz CT molecular complexity index is 634. The number of carbonyl (C=O) groups is 1. The summed E-state index contributed by atoms with van der Waals surface area (Å²) >= 11 is 0. The summed E-state index contributed by atoms with van der Waals surface area (Å²) in [4.78, 5) is 20.9. The summed E-state index contributed by atoms with van der Waals surface area (Å²) in [6.45, 7) is 5.70. The molecule has 3 rings (SSSR count). The molecule has 1 aliphatic heterocycles. The van der Waals surface area contributed by atoms with Crippen molar-refractivity contribution in [2.45, 2.75) is 32.4 Å². The molecule has 1 fully saturated rings. The van der Waals surface area contributed by atoms with E-state index in [2.05, 4.69) is 39.0 Å². The quantitative estimate of drug-likeness (QED) is 0.861. The molecule has 0 aromatic carbocycles. The molecule has 2 aromatic heterocycles. The van der Waals surface area contributed by atoms with Gasteiger partial charge in [0.1, 0.15) is 11.3 Å². The van der Waals surface area contributed by atoms with Crippen molar-refractivity contribution in [3.8, 4) is 0 Å². The molecule has 1 aliphatic rings. The van der Waals surface area contributed by atoms with Crippen molar-refractivity contribution < 1.29 is 4.79 Å². The van der Waals surface area contributed by atoms with Gasteiger partial charge in [-0.15, -0.1) is 0 Å². The molecule has 106 valence electrons. The third-order valence-electron chi connectivity index (χ3n) is 3.56. The summed E-state index contributed by atoms with van der Waals surface area (Å²) in [7, 11) is 0. The Labute approximate surface area is 117 Å². The van der Waals surface area contributed by atoms with Crippen molar-refractivity contribution in [1.29, 1.82) is 0 Å². The van der Waals surface area contributed by atoms with E-state index in [1.165, 1.54) is 0 Å². The molecule has 0 aliphatic carbocycles. The number of imidazole rings is 1. The number of fused-ring (bicyclic) bond motifs is 1. The number of aromatic nitrogens is 3. The van der Waals surface area contributed by atoms with Crippen molar-refractivity contribution >= 4 is 17.1 Å². The molecule has 1 atom stereocenters. The van der Waals surface area contributed by atoms with Crippen LogP contribution in [0.3, 0.4) is 0 Å². The molecule has 1 unspecified atom stereocenters. The maximum Gasteiger partial charge on any atom is 0.237 e. The van der Waals surface area contributed by atoms with E-state index >= 15 is 0 Å². The van der Waals surface area contributed by atoms with Crippen LogP contribution in [0.5, 0.6) is 0 Å². The van der Waals surface area contributed by atoms with Gasteiger partial charge in [0.15, 0.2) is 5.65 Å². The highest BCUT2D eigenvalue weighted by Gasteiger charge is 2.25. The van der Waals surface area contributed by atoms with Crippen molar-refractivity contribution in [2.24, 2.45) is 0 Å². The second-order valence-corrected chi connectivity index (χ2v) is 5.34. The number of nitrogens with zero attached hydrogens (tertiary/aromatic N) is 3. The van der Waals surface area contributed by atoms with Crippen LogP contribution in [0.2, 0.25) is 0 Å². The summed E-state index contributed by atoms with van der Waals surface area (Å²) < 4.78 is 2.11.